The van der Waals surface area contributed by atoms with Gasteiger partial charge in [0.1, 0.15) is 0 Å². The summed E-state index contributed by atoms with van der Waals surface area (Å²) in [5.41, 5.74) is 3.03. The van der Waals surface area contributed by atoms with E-state index in [9.17, 15) is 13.2 Å². The molecule has 134 valence electrons. The van der Waals surface area contributed by atoms with Crippen LogP contribution in [-0.2, 0) is 23.5 Å². The number of amides is 1. The molecule has 1 aliphatic carbocycles. The molecule has 7 nitrogen and oxygen atoms in total. The lowest BCUT2D eigenvalue weighted by atomic mass is 9.93. The molecule has 2 aromatic rings. The second-order valence-electron chi connectivity index (χ2n) is 6.17. The Labute approximate surface area is 147 Å². The number of aromatic nitrogens is 2. The summed E-state index contributed by atoms with van der Waals surface area (Å²) >= 11 is 0. The number of hydrogen-bond acceptors (Lipinski definition) is 4. The topological polar surface area (TPSA) is 93.1 Å². The zero-order valence-electron chi connectivity index (χ0n) is 14.3. The molecule has 0 saturated heterocycles. The number of anilines is 1. The maximum atomic E-state index is 12.6. The summed E-state index contributed by atoms with van der Waals surface area (Å²) < 4.78 is 27.7. The summed E-state index contributed by atoms with van der Waals surface area (Å²) in [4.78, 5) is 12.6. The standard InChI is InChI=1S/C17H22N4O3S/c1-3-25(23,24)20-13-7-4-6-12(10-13)17(22)19-15-8-5-9-16-14(15)11-18-21(16)2/h4,6-7,10-11,15,20H,3,5,8-9H2,1-2H3,(H,19,22). The molecule has 0 fully saturated rings. The molecule has 0 radical (unpaired) electrons. The van der Waals surface area contributed by atoms with Gasteiger partial charge in [0.2, 0.25) is 10.0 Å². The zero-order valence-corrected chi connectivity index (χ0v) is 15.1. The smallest absolute Gasteiger partial charge is 0.251 e. The van der Waals surface area contributed by atoms with Crippen LogP contribution in [0.4, 0.5) is 5.69 Å². The molecule has 0 saturated carbocycles. The van der Waals surface area contributed by atoms with Crippen LogP contribution in [0.2, 0.25) is 0 Å². The van der Waals surface area contributed by atoms with E-state index in [0.29, 0.717) is 11.3 Å². The van der Waals surface area contributed by atoms with E-state index in [4.69, 9.17) is 0 Å². The van der Waals surface area contributed by atoms with Crippen molar-refractivity contribution in [1.82, 2.24) is 15.1 Å². The minimum absolute atomic E-state index is 0.0186. The fourth-order valence-electron chi connectivity index (χ4n) is 3.07. The van der Waals surface area contributed by atoms with Crippen LogP contribution >= 0.6 is 0 Å². The lowest BCUT2D eigenvalue weighted by Gasteiger charge is -2.24. The van der Waals surface area contributed by atoms with Crippen LogP contribution in [0.15, 0.2) is 30.5 Å². The number of nitrogens with one attached hydrogen (secondary N) is 2. The first kappa shape index (κ1) is 17.5. The maximum absolute atomic E-state index is 12.6. The van der Waals surface area contributed by atoms with Gasteiger partial charge < -0.3 is 5.32 Å². The lowest BCUT2D eigenvalue weighted by molar-refractivity contribution is 0.0932. The third-order valence-corrected chi connectivity index (χ3v) is 5.77. The average molecular weight is 362 g/mol. The molecular formula is C17H22N4O3S. The summed E-state index contributed by atoms with van der Waals surface area (Å²) in [6, 6.07) is 6.45. The number of carbonyl (C=O) groups excluding carboxylic acids is 1. The first-order chi connectivity index (χ1) is 11.9. The van der Waals surface area contributed by atoms with Crippen LogP contribution in [0.3, 0.4) is 0 Å². The summed E-state index contributed by atoms with van der Waals surface area (Å²) in [6.07, 6.45) is 4.64. The minimum atomic E-state index is -3.37. The number of rotatable bonds is 5. The van der Waals surface area contributed by atoms with E-state index >= 15 is 0 Å². The molecule has 8 heteroatoms. The largest absolute Gasteiger partial charge is 0.345 e. The van der Waals surface area contributed by atoms with Gasteiger partial charge >= 0.3 is 0 Å². The number of carbonyl (C=O) groups is 1. The highest BCUT2D eigenvalue weighted by molar-refractivity contribution is 7.92. The predicted octanol–water partition coefficient (Wildman–Crippen LogP) is 1.99. The van der Waals surface area contributed by atoms with E-state index < -0.39 is 10.0 Å². The van der Waals surface area contributed by atoms with Crippen LogP contribution in [-0.4, -0.2) is 29.9 Å². The third kappa shape index (κ3) is 3.84. The van der Waals surface area contributed by atoms with Gasteiger partial charge in [0.15, 0.2) is 0 Å². The summed E-state index contributed by atoms with van der Waals surface area (Å²) in [7, 11) is -1.46. The van der Waals surface area contributed by atoms with Gasteiger partial charge in [0, 0.05) is 29.6 Å². The molecule has 0 bridgehead atoms. The van der Waals surface area contributed by atoms with Gasteiger partial charge in [-0.2, -0.15) is 5.10 Å². The van der Waals surface area contributed by atoms with Crippen molar-refractivity contribution in [3.05, 3.63) is 47.3 Å². The molecule has 0 aliphatic heterocycles. The quantitative estimate of drug-likeness (QED) is 0.851. The highest BCUT2D eigenvalue weighted by Crippen LogP contribution is 2.29. The molecule has 1 heterocycles. The van der Waals surface area contributed by atoms with E-state index in [1.165, 1.54) is 0 Å². The van der Waals surface area contributed by atoms with Crippen LogP contribution in [0.1, 0.15) is 47.4 Å². The summed E-state index contributed by atoms with van der Waals surface area (Å²) in [5.74, 6) is -0.241. The maximum Gasteiger partial charge on any atom is 0.251 e. The number of nitrogens with zero attached hydrogens (tertiary/aromatic N) is 2. The van der Waals surface area contributed by atoms with Crippen molar-refractivity contribution in [3.63, 3.8) is 0 Å². The fourth-order valence-corrected chi connectivity index (χ4v) is 3.70. The molecule has 3 rings (SSSR count). The SMILES string of the molecule is CCS(=O)(=O)Nc1cccc(C(=O)NC2CCCc3c2cnn3C)c1. The molecule has 1 unspecified atom stereocenters. The van der Waals surface area contributed by atoms with Crippen molar-refractivity contribution < 1.29 is 13.2 Å². The van der Waals surface area contributed by atoms with Gasteiger partial charge in [0.05, 0.1) is 18.0 Å². The molecule has 2 N–H and O–H groups in total. The fraction of sp³-hybridized carbons (Fsp3) is 0.412. The van der Waals surface area contributed by atoms with E-state index in [0.717, 1.165) is 30.5 Å². The Morgan fingerprint density at radius 3 is 2.96 bits per heavy atom. The Morgan fingerprint density at radius 1 is 1.40 bits per heavy atom. The molecule has 1 aliphatic rings. The Hall–Kier alpha value is -2.35. The van der Waals surface area contributed by atoms with Crippen molar-refractivity contribution in [2.45, 2.75) is 32.2 Å². The molecule has 0 spiro atoms. The van der Waals surface area contributed by atoms with Crippen LogP contribution in [0, 0.1) is 0 Å². The van der Waals surface area contributed by atoms with E-state index in [1.807, 2.05) is 17.9 Å². The van der Waals surface area contributed by atoms with Crippen LogP contribution in [0.25, 0.3) is 0 Å². The number of hydrogen-bond donors (Lipinski definition) is 2. The van der Waals surface area contributed by atoms with E-state index in [-0.39, 0.29) is 17.7 Å². The van der Waals surface area contributed by atoms with Crippen molar-refractivity contribution in [2.24, 2.45) is 7.05 Å². The van der Waals surface area contributed by atoms with E-state index in [2.05, 4.69) is 15.1 Å². The highest BCUT2D eigenvalue weighted by atomic mass is 32.2. The van der Waals surface area contributed by atoms with Gasteiger partial charge in [-0.3, -0.25) is 14.2 Å². The Morgan fingerprint density at radius 2 is 2.20 bits per heavy atom. The molecule has 1 amide bonds. The Balaban J connectivity index is 1.76. The molecular weight excluding hydrogens is 340 g/mol. The third-order valence-electron chi connectivity index (χ3n) is 4.46. The number of aryl methyl sites for hydroxylation is 1. The Kier molecular flexibility index (Phi) is 4.80. The second kappa shape index (κ2) is 6.87. The van der Waals surface area contributed by atoms with Gasteiger partial charge in [0.25, 0.3) is 5.91 Å². The van der Waals surface area contributed by atoms with Gasteiger partial charge in [-0.15, -0.1) is 0 Å². The minimum Gasteiger partial charge on any atom is -0.345 e. The van der Waals surface area contributed by atoms with Crippen molar-refractivity contribution in [2.75, 3.05) is 10.5 Å². The van der Waals surface area contributed by atoms with Gasteiger partial charge in [-0.1, -0.05) is 6.07 Å². The normalized spacial score (nSPS) is 17.0. The van der Waals surface area contributed by atoms with Crippen LogP contribution in [0.5, 0.6) is 0 Å². The predicted molar refractivity (Wildman–Crippen MR) is 95.9 cm³/mol. The van der Waals surface area contributed by atoms with Crippen molar-refractivity contribution >= 4 is 21.6 Å². The monoisotopic (exact) mass is 362 g/mol. The zero-order chi connectivity index (χ0) is 18.0. The number of benzene rings is 1. The molecule has 1 aromatic carbocycles. The molecule has 25 heavy (non-hydrogen) atoms. The molecule has 1 atom stereocenters. The summed E-state index contributed by atoms with van der Waals surface area (Å²) in [6.45, 7) is 1.56. The second-order valence-corrected chi connectivity index (χ2v) is 8.19. The van der Waals surface area contributed by atoms with Gasteiger partial charge in [-0.25, -0.2) is 8.42 Å². The first-order valence-electron chi connectivity index (χ1n) is 8.32. The van der Waals surface area contributed by atoms with Crippen molar-refractivity contribution in [1.29, 1.82) is 0 Å². The van der Waals surface area contributed by atoms with Gasteiger partial charge in [-0.05, 0) is 44.4 Å². The van der Waals surface area contributed by atoms with Crippen molar-refractivity contribution in [3.8, 4) is 0 Å². The number of fused-ring (bicyclic) bond motifs is 1. The summed E-state index contributed by atoms with van der Waals surface area (Å²) in [5, 5.41) is 7.32. The Bertz CT molecular complexity index is 889. The van der Waals surface area contributed by atoms with Crippen LogP contribution < -0.4 is 10.0 Å². The number of sulfonamides is 1. The molecule has 1 aromatic heterocycles. The van der Waals surface area contributed by atoms with E-state index in [1.54, 1.807) is 31.2 Å². The average Bonchev–Trinajstić information content (AvgIpc) is 2.97. The first-order valence-corrected chi connectivity index (χ1v) is 9.97. The highest BCUT2D eigenvalue weighted by Gasteiger charge is 2.25. The lowest BCUT2D eigenvalue weighted by Crippen LogP contribution is -2.31.